The molecule has 1 aliphatic rings. The molecule has 0 saturated carbocycles. The Bertz CT molecular complexity index is 577. The smallest absolute Gasteiger partial charge is 0.330 e. The number of carbonyl (C=O) groups excluding carboxylic acids is 4. The molecule has 0 aliphatic carbocycles. The van der Waals surface area contributed by atoms with Crippen LogP contribution in [-0.4, -0.2) is 35.2 Å². The second-order valence-corrected chi connectivity index (χ2v) is 9.29. The van der Waals surface area contributed by atoms with E-state index in [4.69, 9.17) is 10.6 Å². The molecule has 1 rings (SSSR count). The molecule has 1 atom stereocenters. The van der Waals surface area contributed by atoms with E-state index in [-0.39, 0.29) is 31.6 Å². The van der Waals surface area contributed by atoms with Crippen molar-refractivity contribution in [2.75, 3.05) is 6.54 Å². The van der Waals surface area contributed by atoms with Gasteiger partial charge in [0.2, 0.25) is 0 Å². The molecule has 0 aromatic carbocycles. The molecule has 2 amide bonds. The van der Waals surface area contributed by atoms with Gasteiger partial charge in [-0.25, -0.2) is 4.79 Å². The molecule has 1 unspecified atom stereocenters. The van der Waals surface area contributed by atoms with E-state index in [2.05, 4.69) is 6.92 Å². The maximum absolute atomic E-state index is 12.5. The minimum absolute atomic E-state index is 0.0285. The van der Waals surface area contributed by atoms with E-state index in [1.807, 2.05) is 0 Å². The van der Waals surface area contributed by atoms with Gasteiger partial charge in [0.25, 0.3) is 11.8 Å². The molecule has 7 nitrogen and oxygen atoms in total. The molecule has 190 valence electrons. The average molecular weight is 467 g/mol. The molecular formula is C26H46N2O5. The molecule has 0 spiro atoms. The number of imide groups is 1. The monoisotopic (exact) mass is 466 g/mol. The van der Waals surface area contributed by atoms with Gasteiger partial charge in [0.15, 0.2) is 0 Å². The first-order valence-corrected chi connectivity index (χ1v) is 13.3. The first-order valence-electron chi connectivity index (χ1n) is 13.3. The van der Waals surface area contributed by atoms with Crippen LogP contribution in [0.5, 0.6) is 0 Å². The highest BCUT2D eigenvalue weighted by Crippen LogP contribution is 2.18. The maximum Gasteiger partial charge on any atom is 0.343 e. The standard InChI is InChI=1S/C26H46N2O5/c1-2-3-4-5-6-7-8-9-10-11-12-13-14-15-16-17-23(29)22(20-21-27)26(32)33-28-24(30)18-19-25(28)31/h22H,2-21,27H2,1H3. The first kappa shape index (κ1) is 29.3. The number of unbranched alkanes of at least 4 members (excludes halogenated alkanes) is 14. The summed E-state index contributed by atoms with van der Waals surface area (Å²) in [5.74, 6) is -3.18. The highest BCUT2D eigenvalue weighted by Gasteiger charge is 2.36. The molecule has 2 N–H and O–H groups in total. The number of nitrogens with two attached hydrogens (primary N) is 1. The van der Waals surface area contributed by atoms with Crippen molar-refractivity contribution >= 4 is 23.6 Å². The van der Waals surface area contributed by atoms with Gasteiger partial charge in [0.05, 0.1) is 0 Å². The summed E-state index contributed by atoms with van der Waals surface area (Å²) in [6.45, 7) is 2.41. The molecule has 1 saturated heterocycles. The summed E-state index contributed by atoms with van der Waals surface area (Å²) >= 11 is 0. The van der Waals surface area contributed by atoms with Crippen molar-refractivity contribution in [3.63, 3.8) is 0 Å². The third kappa shape index (κ3) is 12.9. The van der Waals surface area contributed by atoms with E-state index >= 15 is 0 Å². The lowest BCUT2D eigenvalue weighted by Gasteiger charge is -2.18. The SMILES string of the molecule is CCCCCCCCCCCCCCCCCC(=O)C(CCN)C(=O)ON1C(=O)CCC1=O. The van der Waals surface area contributed by atoms with Crippen molar-refractivity contribution < 1.29 is 24.0 Å². The molecular weight excluding hydrogens is 420 g/mol. The zero-order chi connectivity index (χ0) is 24.3. The van der Waals surface area contributed by atoms with Gasteiger partial charge >= 0.3 is 5.97 Å². The van der Waals surface area contributed by atoms with Crippen LogP contribution in [-0.2, 0) is 24.0 Å². The van der Waals surface area contributed by atoms with Gasteiger partial charge in [-0.3, -0.25) is 14.4 Å². The lowest BCUT2D eigenvalue weighted by molar-refractivity contribution is -0.201. The Morgan fingerprint density at radius 2 is 1.21 bits per heavy atom. The van der Waals surface area contributed by atoms with Crippen LogP contribution in [0, 0.1) is 5.92 Å². The number of hydroxylamine groups is 2. The Hall–Kier alpha value is -1.76. The van der Waals surface area contributed by atoms with Crippen LogP contribution >= 0.6 is 0 Å². The second-order valence-electron chi connectivity index (χ2n) is 9.29. The minimum atomic E-state index is -1.01. The van der Waals surface area contributed by atoms with Gasteiger partial charge in [-0.05, 0) is 19.4 Å². The number of hydrogen-bond acceptors (Lipinski definition) is 6. The van der Waals surface area contributed by atoms with Gasteiger partial charge in [-0.15, -0.1) is 5.06 Å². The predicted octanol–water partition coefficient (Wildman–Crippen LogP) is 5.39. The van der Waals surface area contributed by atoms with Crippen molar-refractivity contribution in [2.24, 2.45) is 11.7 Å². The van der Waals surface area contributed by atoms with Crippen molar-refractivity contribution in [3.05, 3.63) is 0 Å². The van der Waals surface area contributed by atoms with E-state index in [9.17, 15) is 19.2 Å². The number of carbonyl (C=O) groups is 4. The highest BCUT2D eigenvalue weighted by molar-refractivity contribution is 6.03. The molecule has 33 heavy (non-hydrogen) atoms. The van der Waals surface area contributed by atoms with Gasteiger partial charge in [0, 0.05) is 19.3 Å². The van der Waals surface area contributed by atoms with Crippen LogP contribution in [0.15, 0.2) is 0 Å². The number of Topliss-reactive ketones (excluding diaryl/α,β-unsaturated/α-hetero) is 1. The Morgan fingerprint density at radius 3 is 1.64 bits per heavy atom. The minimum Gasteiger partial charge on any atom is -0.330 e. The van der Waals surface area contributed by atoms with Crippen LogP contribution in [0.2, 0.25) is 0 Å². The molecule has 1 aliphatic heterocycles. The fourth-order valence-electron chi connectivity index (χ4n) is 4.23. The summed E-state index contributed by atoms with van der Waals surface area (Å²) in [6, 6.07) is 0. The Kier molecular flexibility index (Phi) is 16.5. The molecule has 7 heteroatoms. The van der Waals surface area contributed by atoms with Crippen molar-refractivity contribution in [3.8, 4) is 0 Å². The Morgan fingerprint density at radius 1 is 0.788 bits per heavy atom. The quantitative estimate of drug-likeness (QED) is 0.138. The van der Waals surface area contributed by atoms with Crippen molar-refractivity contribution in [1.82, 2.24) is 5.06 Å². The fourth-order valence-corrected chi connectivity index (χ4v) is 4.23. The maximum atomic E-state index is 12.5. The highest BCUT2D eigenvalue weighted by atomic mass is 16.7. The zero-order valence-electron chi connectivity index (χ0n) is 20.8. The Balaban J connectivity index is 2.07. The molecule has 0 aromatic heterocycles. The van der Waals surface area contributed by atoms with Crippen LogP contribution < -0.4 is 5.73 Å². The Labute approximate surface area is 200 Å². The number of nitrogens with zero attached hydrogens (tertiary/aromatic N) is 1. The summed E-state index contributed by atoms with van der Waals surface area (Å²) < 4.78 is 0. The lowest BCUT2D eigenvalue weighted by Crippen LogP contribution is -2.37. The van der Waals surface area contributed by atoms with E-state index in [0.717, 1.165) is 19.3 Å². The van der Waals surface area contributed by atoms with Crippen LogP contribution in [0.4, 0.5) is 0 Å². The number of rotatable bonds is 21. The third-order valence-electron chi connectivity index (χ3n) is 6.34. The first-order chi connectivity index (χ1) is 16.0. The average Bonchev–Trinajstić information content (AvgIpc) is 3.11. The molecule has 0 aromatic rings. The number of hydrogen-bond donors (Lipinski definition) is 1. The summed E-state index contributed by atoms with van der Waals surface area (Å²) in [6.07, 6.45) is 19.2. The normalized spacial score (nSPS) is 14.7. The fraction of sp³-hybridized carbons (Fsp3) is 0.846. The summed E-state index contributed by atoms with van der Waals surface area (Å²) in [7, 11) is 0. The predicted molar refractivity (Wildman–Crippen MR) is 129 cm³/mol. The lowest BCUT2D eigenvalue weighted by atomic mass is 9.95. The van der Waals surface area contributed by atoms with Gasteiger partial charge < -0.3 is 10.6 Å². The van der Waals surface area contributed by atoms with E-state index in [1.165, 1.54) is 77.0 Å². The second kappa shape index (κ2) is 18.6. The molecule has 0 bridgehead atoms. The molecule has 1 heterocycles. The number of ketones is 1. The van der Waals surface area contributed by atoms with Gasteiger partial charge in [0.1, 0.15) is 11.7 Å². The van der Waals surface area contributed by atoms with Crippen molar-refractivity contribution in [1.29, 1.82) is 0 Å². The van der Waals surface area contributed by atoms with E-state index in [0.29, 0.717) is 11.5 Å². The zero-order valence-corrected chi connectivity index (χ0v) is 20.8. The summed E-state index contributed by atoms with van der Waals surface area (Å²) in [5, 5.41) is 0.493. The van der Waals surface area contributed by atoms with Crippen LogP contribution in [0.25, 0.3) is 0 Å². The van der Waals surface area contributed by atoms with Gasteiger partial charge in [-0.2, -0.15) is 0 Å². The van der Waals surface area contributed by atoms with E-state index < -0.39 is 23.7 Å². The van der Waals surface area contributed by atoms with E-state index in [1.54, 1.807) is 0 Å². The third-order valence-corrected chi connectivity index (χ3v) is 6.34. The topological polar surface area (TPSA) is 107 Å². The molecule has 0 radical (unpaired) electrons. The van der Waals surface area contributed by atoms with Gasteiger partial charge in [-0.1, -0.05) is 96.8 Å². The molecule has 1 fully saturated rings. The van der Waals surface area contributed by atoms with Crippen LogP contribution in [0.3, 0.4) is 0 Å². The summed E-state index contributed by atoms with van der Waals surface area (Å²) in [5.41, 5.74) is 5.55. The van der Waals surface area contributed by atoms with Crippen molar-refractivity contribution in [2.45, 2.75) is 129 Å². The van der Waals surface area contributed by atoms with Crippen LogP contribution in [0.1, 0.15) is 129 Å². The number of amides is 2. The largest absolute Gasteiger partial charge is 0.343 e. The summed E-state index contributed by atoms with van der Waals surface area (Å²) in [4.78, 5) is 53.0.